The summed E-state index contributed by atoms with van der Waals surface area (Å²) in [5, 5.41) is 5.00. The van der Waals surface area contributed by atoms with Crippen LogP contribution >= 0.6 is 11.9 Å². The standard InChI is InChI=1S/C14H19BN2O3S/c1-13(2)14(3,4)20-15(19-13)10-8-6-7-9-11(10)18-16-12(9)17-21-5/h6-8H,1-5H3,(H,16,17). The summed E-state index contributed by atoms with van der Waals surface area (Å²) in [6.07, 6.45) is 1.94. The average molecular weight is 306 g/mol. The molecule has 112 valence electrons. The van der Waals surface area contributed by atoms with E-state index in [1.807, 2.05) is 52.1 Å². The van der Waals surface area contributed by atoms with Gasteiger partial charge < -0.3 is 18.6 Å². The molecule has 1 aromatic carbocycles. The molecule has 0 unspecified atom stereocenters. The SMILES string of the molecule is CSNc1noc2c(B3OC(C)(C)C(C)(C)O3)cccc12. The van der Waals surface area contributed by atoms with Gasteiger partial charge in [0.25, 0.3) is 0 Å². The molecule has 5 nitrogen and oxygen atoms in total. The molecular weight excluding hydrogens is 287 g/mol. The Hall–Kier alpha value is -1.18. The highest BCUT2D eigenvalue weighted by Crippen LogP contribution is 2.37. The third-order valence-corrected chi connectivity index (χ3v) is 4.63. The van der Waals surface area contributed by atoms with Gasteiger partial charge in [0.15, 0.2) is 11.4 Å². The molecule has 0 spiro atoms. The zero-order chi connectivity index (χ0) is 15.3. The van der Waals surface area contributed by atoms with Crippen molar-refractivity contribution in [1.82, 2.24) is 5.16 Å². The first-order valence-electron chi connectivity index (χ1n) is 6.89. The predicted molar refractivity (Wildman–Crippen MR) is 86.9 cm³/mol. The highest BCUT2D eigenvalue weighted by molar-refractivity contribution is 7.99. The van der Waals surface area contributed by atoms with Gasteiger partial charge in [-0.25, -0.2) is 0 Å². The number of hydrogen-bond acceptors (Lipinski definition) is 6. The molecule has 0 radical (unpaired) electrons. The summed E-state index contributed by atoms with van der Waals surface area (Å²) in [6, 6.07) is 5.89. The largest absolute Gasteiger partial charge is 0.498 e. The Morgan fingerprint density at radius 3 is 2.43 bits per heavy atom. The van der Waals surface area contributed by atoms with Gasteiger partial charge in [-0.1, -0.05) is 29.2 Å². The molecule has 1 aliphatic heterocycles. The predicted octanol–water partition coefficient (Wildman–Crippen LogP) is 2.82. The number of anilines is 1. The number of benzene rings is 1. The zero-order valence-electron chi connectivity index (χ0n) is 12.9. The van der Waals surface area contributed by atoms with Crippen LogP contribution in [0.25, 0.3) is 11.0 Å². The molecule has 1 aromatic heterocycles. The van der Waals surface area contributed by atoms with Crippen molar-refractivity contribution in [2.24, 2.45) is 0 Å². The van der Waals surface area contributed by atoms with Gasteiger partial charge in [-0.2, -0.15) is 0 Å². The number of rotatable bonds is 3. The summed E-state index contributed by atoms with van der Waals surface area (Å²) in [5.74, 6) is 0.718. The molecule has 21 heavy (non-hydrogen) atoms. The molecule has 1 aliphatic rings. The summed E-state index contributed by atoms with van der Waals surface area (Å²) in [6.45, 7) is 8.14. The topological polar surface area (TPSA) is 56.5 Å². The molecule has 1 N–H and O–H groups in total. The zero-order valence-corrected chi connectivity index (χ0v) is 13.7. The van der Waals surface area contributed by atoms with Crippen LogP contribution in [0.4, 0.5) is 5.82 Å². The van der Waals surface area contributed by atoms with Gasteiger partial charge in [-0.05, 0) is 33.8 Å². The van der Waals surface area contributed by atoms with E-state index in [1.165, 1.54) is 11.9 Å². The lowest BCUT2D eigenvalue weighted by atomic mass is 9.78. The van der Waals surface area contributed by atoms with Crippen LogP contribution in [0, 0.1) is 0 Å². The number of hydrogen-bond donors (Lipinski definition) is 1. The molecule has 0 amide bonds. The first-order chi connectivity index (χ1) is 9.86. The van der Waals surface area contributed by atoms with E-state index in [4.69, 9.17) is 13.8 Å². The van der Waals surface area contributed by atoms with Crippen LogP contribution in [0.15, 0.2) is 22.7 Å². The van der Waals surface area contributed by atoms with Gasteiger partial charge in [0.05, 0.1) is 16.6 Å². The van der Waals surface area contributed by atoms with Crippen LogP contribution in [-0.2, 0) is 9.31 Å². The maximum atomic E-state index is 6.09. The Morgan fingerprint density at radius 2 is 1.81 bits per heavy atom. The van der Waals surface area contributed by atoms with Crippen LogP contribution in [0.5, 0.6) is 0 Å². The summed E-state index contributed by atoms with van der Waals surface area (Å²) >= 11 is 1.48. The van der Waals surface area contributed by atoms with E-state index in [9.17, 15) is 0 Å². The highest BCUT2D eigenvalue weighted by Gasteiger charge is 2.52. The maximum absolute atomic E-state index is 6.09. The maximum Gasteiger partial charge on any atom is 0.498 e. The van der Waals surface area contributed by atoms with E-state index in [2.05, 4.69) is 9.88 Å². The first-order valence-corrected chi connectivity index (χ1v) is 8.11. The Balaban J connectivity index is 2.03. The third-order valence-electron chi connectivity index (χ3n) is 4.23. The smallest absolute Gasteiger partial charge is 0.399 e. The fourth-order valence-electron chi connectivity index (χ4n) is 2.31. The van der Waals surface area contributed by atoms with Crippen molar-refractivity contribution in [2.45, 2.75) is 38.9 Å². The van der Waals surface area contributed by atoms with E-state index in [0.29, 0.717) is 5.58 Å². The minimum atomic E-state index is -0.450. The molecule has 2 aromatic rings. The summed E-state index contributed by atoms with van der Waals surface area (Å²) < 4.78 is 20.8. The van der Waals surface area contributed by atoms with Crippen LogP contribution in [-0.4, -0.2) is 29.7 Å². The molecule has 1 fully saturated rings. The van der Waals surface area contributed by atoms with Crippen molar-refractivity contribution in [2.75, 3.05) is 11.0 Å². The number of para-hydroxylation sites is 1. The van der Waals surface area contributed by atoms with E-state index in [-0.39, 0.29) is 11.2 Å². The van der Waals surface area contributed by atoms with Gasteiger partial charge in [-0.3, -0.25) is 0 Å². The lowest BCUT2D eigenvalue weighted by Crippen LogP contribution is -2.41. The van der Waals surface area contributed by atoms with Crippen LogP contribution in [0.2, 0.25) is 0 Å². The Morgan fingerprint density at radius 1 is 1.14 bits per heavy atom. The number of nitrogens with zero attached hydrogens (tertiary/aromatic N) is 1. The first kappa shape index (κ1) is 14.7. The van der Waals surface area contributed by atoms with Crippen molar-refractivity contribution in [3.63, 3.8) is 0 Å². The molecule has 0 bridgehead atoms. The molecule has 1 saturated heterocycles. The quantitative estimate of drug-likeness (QED) is 0.695. The fraction of sp³-hybridized carbons (Fsp3) is 0.500. The minimum absolute atomic E-state index is 0.375. The molecule has 0 aliphatic carbocycles. The van der Waals surface area contributed by atoms with Crippen molar-refractivity contribution >= 4 is 41.3 Å². The fourth-order valence-corrected chi connectivity index (χ4v) is 2.65. The van der Waals surface area contributed by atoms with E-state index in [0.717, 1.165) is 16.7 Å². The number of fused-ring (bicyclic) bond motifs is 1. The number of aromatic nitrogens is 1. The molecule has 0 saturated carbocycles. The van der Waals surface area contributed by atoms with Gasteiger partial charge in [-0.15, -0.1) is 0 Å². The van der Waals surface area contributed by atoms with Gasteiger partial charge >= 0.3 is 7.12 Å². The molecule has 7 heteroatoms. The van der Waals surface area contributed by atoms with Crippen LogP contribution < -0.4 is 10.2 Å². The number of nitrogens with one attached hydrogen (secondary N) is 1. The Labute approximate surface area is 129 Å². The molecular formula is C14H19BN2O3S. The van der Waals surface area contributed by atoms with Crippen LogP contribution in [0.3, 0.4) is 0 Å². The molecule has 2 heterocycles. The molecule has 0 atom stereocenters. The lowest BCUT2D eigenvalue weighted by Gasteiger charge is -2.32. The summed E-state index contributed by atoms with van der Waals surface area (Å²) in [5.41, 5.74) is 0.820. The minimum Gasteiger partial charge on any atom is -0.399 e. The van der Waals surface area contributed by atoms with Crippen molar-refractivity contribution < 1.29 is 13.8 Å². The van der Waals surface area contributed by atoms with Gasteiger partial charge in [0.2, 0.25) is 0 Å². The van der Waals surface area contributed by atoms with E-state index >= 15 is 0 Å². The van der Waals surface area contributed by atoms with E-state index in [1.54, 1.807) is 0 Å². The average Bonchev–Trinajstić information content (AvgIpc) is 2.89. The molecule has 3 rings (SSSR count). The van der Waals surface area contributed by atoms with Crippen LogP contribution in [0.1, 0.15) is 27.7 Å². The second kappa shape index (κ2) is 4.93. The Bertz CT molecular complexity index is 655. The normalized spacial score (nSPS) is 20.1. The van der Waals surface area contributed by atoms with Crippen molar-refractivity contribution in [1.29, 1.82) is 0 Å². The lowest BCUT2D eigenvalue weighted by molar-refractivity contribution is 0.00578. The van der Waals surface area contributed by atoms with Crippen molar-refractivity contribution in [3.05, 3.63) is 18.2 Å². The second-order valence-corrected chi connectivity index (χ2v) is 6.76. The monoisotopic (exact) mass is 306 g/mol. The van der Waals surface area contributed by atoms with E-state index < -0.39 is 7.12 Å². The van der Waals surface area contributed by atoms with Crippen molar-refractivity contribution in [3.8, 4) is 0 Å². The second-order valence-electron chi connectivity index (χ2n) is 6.15. The van der Waals surface area contributed by atoms with Gasteiger partial charge in [0.1, 0.15) is 0 Å². The third kappa shape index (κ3) is 2.33. The summed E-state index contributed by atoms with van der Waals surface area (Å²) in [4.78, 5) is 0. The Kier molecular flexibility index (Phi) is 3.46. The highest BCUT2D eigenvalue weighted by atomic mass is 32.2. The van der Waals surface area contributed by atoms with Gasteiger partial charge in [0, 0.05) is 11.7 Å². The summed E-state index contributed by atoms with van der Waals surface area (Å²) in [7, 11) is -0.450.